The topological polar surface area (TPSA) is 46.6 Å². The fourth-order valence-corrected chi connectivity index (χ4v) is 6.75. The van der Waals surface area contributed by atoms with E-state index >= 15 is 0 Å². The molecule has 1 aromatic carbocycles. The van der Waals surface area contributed by atoms with Crippen molar-refractivity contribution in [2.24, 2.45) is 5.92 Å². The van der Waals surface area contributed by atoms with Crippen LogP contribution in [0.15, 0.2) is 40.4 Å². The number of rotatable bonds is 7. The van der Waals surface area contributed by atoms with Crippen LogP contribution in [0.3, 0.4) is 0 Å². The lowest BCUT2D eigenvalue weighted by atomic mass is 9.75. The molecule has 0 N–H and O–H groups in total. The van der Waals surface area contributed by atoms with Crippen molar-refractivity contribution in [3.63, 3.8) is 0 Å². The van der Waals surface area contributed by atoms with Gasteiger partial charge >= 0.3 is 0 Å². The Labute approximate surface area is 178 Å². The lowest BCUT2D eigenvalue weighted by Gasteiger charge is -2.44. The minimum atomic E-state index is -3.46. The van der Waals surface area contributed by atoms with Crippen LogP contribution < -0.4 is 0 Å². The van der Waals surface area contributed by atoms with Crippen LogP contribution in [0.2, 0.25) is 18.1 Å². The lowest BCUT2D eigenvalue weighted by Crippen LogP contribution is -2.43. The zero-order chi connectivity index (χ0) is 21.4. The van der Waals surface area contributed by atoms with Gasteiger partial charge in [0.1, 0.15) is 0 Å². The number of hydrogen-bond acceptors (Lipinski definition) is 3. The molecule has 1 atom stereocenters. The maximum absolute atomic E-state index is 13.3. The van der Waals surface area contributed by atoms with E-state index in [1.165, 1.54) is 5.57 Å². The molecule has 29 heavy (non-hydrogen) atoms. The van der Waals surface area contributed by atoms with E-state index in [2.05, 4.69) is 33.9 Å². The van der Waals surface area contributed by atoms with E-state index in [9.17, 15) is 8.42 Å². The van der Waals surface area contributed by atoms with Crippen molar-refractivity contribution in [3.8, 4) is 0 Å². The van der Waals surface area contributed by atoms with Crippen LogP contribution in [0.25, 0.3) is 0 Å². The van der Waals surface area contributed by atoms with Crippen LogP contribution >= 0.6 is 0 Å². The first-order valence-electron chi connectivity index (χ1n) is 10.9. The van der Waals surface area contributed by atoms with Gasteiger partial charge in [-0.05, 0) is 74.9 Å². The summed E-state index contributed by atoms with van der Waals surface area (Å²) in [5.41, 5.74) is 3.49. The Balaban J connectivity index is 1.70. The number of allylic oxidation sites excluding steroid dienone is 2. The summed E-state index contributed by atoms with van der Waals surface area (Å²) in [6.45, 7) is 14.7. The number of nitrogens with zero attached hydrogens (tertiary/aromatic N) is 1. The quantitative estimate of drug-likeness (QED) is 0.398. The lowest BCUT2D eigenvalue weighted by molar-refractivity contribution is 0.265. The summed E-state index contributed by atoms with van der Waals surface area (Å²) in [5.74, 6) is 0.417. The van der Waals surface area contributed by atoms with Crippen LogP contribution in [-0.2, 0) is 14.4 Å². The highest BCUT2D eigenvalue weighted by molar-refractivity contribution is 7.89. The van der Waals surface area contributed by atoms with Crippen molar-refractivity contribution in [2.45, 2.75) is 82.8 Å². The number of sulfonamides is 1. The van der Waals surface area contributed by atoms with Crippen LogP contribution in [0.1, 0.15) is 58.4 Å². The molecule has 1 aliphatic heterocycles. The van der Waals surface area contributed by atoms with Gasteiger partial charge in [-0.15, -0.1) is 0 Å². The molecule has 1 fully saturated rings. The monoisotopic (exact) mass is 435 g/mol. The maximum Gasteiger partial charge on any atom is 0.264 e. The molecular weight excluding hydrogens is 398 g/mol. The summed E-state index contributed by atoms with van der Waals surface area (Å²) in [7, 11) is -5.18. The van der Waals surface area contributed by atoms with Gasteiger partial charge in [-0.25, -0.2) is 8.42 Å². The fraction of sp³-hybridized carbons (Fsp3) is 0.652. The summed E-state index contributed by atoms with van der Waals surface area (Å²) < 4.78 is 34.6. The van der Waals surface area contributed by atoms with Gasteiger partial charge in [0.05, 0.1) is 4.90 Å². The molecule has 162 valence electrons. The Morgan fingerprint density at radius 3 is 2.45 bits per heavy atom. The van der Waals surface area contributed by atoms with E-state index in [-0.39, 0.29) is 5.04 Å². The van der Waals surface area contributed by atoms with Crippen LogP contribution in [0.4, 0.5) is 0 Å². The molecule has 1 aromatic rings. The van der Waals surface area contributed by atoms with E-state index in [1.807, 2.05) is 19.1 Å². The predicted octanol–water partition coefficient (Wildman–Crippen LogP) is 5.86. The molecule has 1 saturated heterocycles. The molecule has 1 aliphatic carbocycles. The van der Waals surface area contributed by atoms with Crippen molar-refractivity contribution in [1.82, 2.24) is 4.31 Å². The first-order chi connectivity index (χ1) is 13.4. The molecule has 0 amide bonds. The zero-order valence-electron chi connectivity index (χ0n) is 18.9. The number of hydrogen-bond donors (Lipinski definition) is 0. The van der Waals surface area contributed by atoms with Crippen LogP contribution in [0, 0.1) is 12.8 Å². The number of fused-ring (bicyclic) bond motifs is 1. The molecule has 1 heterocycles. The molecular formula is C23H37NO3SSi. The largest absolute Gasteiger partial charge is 0.417 e. The highest BCUT2D eigenvalue weighted by atomic mass is 32.2. The SMILES string of the molecule is Cc1ccc(S(=O)(=O)N2CCCC3CC(CCCO[Si](C)(C)C(C)(C)C)=C32)cc1. The molecule has 0 aromatic heterocycles. The third kappa shape index (κ3) is 4.64. The number of benzene rings is 1. The molecule has 1 unspecified atom stereocenters. The molecule has 0 bridgehead atoms. The Kier molecular flexibility index (Phi) is 6.38. The van der Waals surface area contributed by atoms with Gasteiger partial charge in [0, 0.05) is 24.8 Å². The second kappa shape index (κ2) is 8.20. The van der Waals surface area contributed by atoms with Gasteiger partial charge in [0.25, 0.3) is 10.0 Å². The van der Waals surface area contributed by atoms with Crippen molar-refractivity contribution in [1.29, 1.82) is 0 Å². The van der Waals surface area contributed by atoms with Crippen molar-refractivity contribution in [2.75, 3.05) is 13.2 Å². The first-order valence-corrected chi connectivity index (χ1v) is 15.2. The second-order valence-corrected chi connectivity index (χ2v) is 16.8. The summed E-state index contributed by atoms with van der Waals surface area (Å²) in [6.07, 6.45) is 5.02. The van der Waals surface area contributed by atoms with Crippen LogP contribution in [-0.4, -0.2) is 34.2 Å². The Morgan fingerprint density at radius 1 is 1.17 bits per heavy atom. The minimum absolute atomic E-state index is 0.221. The maximum atomic E-state index is 13.3. The van der Waals surface area contributed by atoms with Gasteiger partial charge < -0.3 is 4.43 Å². The second-order valence-electron chi connectivity index (χ2n) is 10.1. The normalized spacial score (nSPS) is 20.5. The summed E-state index contributed by atoms with van der Waals surface area (Å²) in [5, 5.41) is 0.221. The summed E-state index contributed by atoms with van der Waals surface area (Å²) >= 11 is 0. The smallest absolute Gasteiger partial charge is 0.264 e. The van der Waals surface area contributed by atoms with E-state index < -0.39 is 18.3 Å². The molecule has 0 radical (unpaired) electrons. The van der Waals surface area contributed by atoms with Crippen molar-refractivity contribution >= 4 is 18.3 Å². The Bertz CT molecular complexity index is 866. The average molecular weight is 436 g/mol. The van der Waals surface area contributed by atoms with Gasteiger partial charge in [-0.2, -0.15) is 0 Å². The fourth-order valence-electron chi connectivity index (χ4n) is 4.02. The molecule has 6 heteroatoms. The summed E-state index contributed by atoms with van der Waals surface area (Å²) in [4.78, 5) is 0.406. The Morgan fingerprint density at radius 2 is 1.83 bits per heavy atom. The summed E-state index contributed by atoms with van der Waals surface area (Å²) in [6, 6.07) is 7.23. The van der Waals surface area contributed by atoms with Gasteiger partial charge in [-0.1, -0.05) is 38.5 Å². The standard InChI is InChI=1S/C23H37NO3SSi/c1-18-11-13-21(14-12-18)28(25,26)24-15-7-9-19-17-20(22(19)24)10-8-16-27-29(5,6)23(2,3)4/h11-14,19H,7-10,15-17H2,1-6H3. The van der Waals surface area contributed by atoms with Crippen LogP contribution in [0.5, 0.6) is 0 Å². The first kappa shape index (κ1) is 22.6. The van der Waals surface area contributed by atoms with E-state index in [4.69, 9.17) is 4.43 Å². The minimum Gasteiger partial charge on any atom is -0.417 e. The predicted molar refractivity (Wildman–Crippen MR) is 122 cm³/mol. The van der Waals surface area contributed by atoms with Gasteiger partial charge in [0.2, 0.25) is 0 Å². The van der Waals surface area contributed by atoms with Crippen molar-refractivity contribution < 1.29 is 12.8 Å². The third-order valence-corrected chi connectivity index (χ3v) is 13.3. The molecule has 3 rings (SSSR count). The highest BCUT2D eigenvalue weighted by Gasteiger charge is 2.41. The molecule has 0 spiro atoms. The highest BCUT2D eigenvalue weighted by Crippen LogP contribution is 2.47. The molecule has 2 aliphatic rings. The Hall–Kier alpha value is -1.11. The zero-order valence-corrected chi connectivity index (χ0v) is 20.7. The third-order valence-electron chi connectivity index (χ3n) is 6.93. The van der Waals surface area contributed by atoms with Gasteiger partial charge in [0.15, 0.2) is 8.32 Å². The van der Waals surface area contributed by atoms with Gasteiger partial charge in [-0.3, -0.25) is 4.31 Å². The molecule has 4 nitrogen and oxygen atoms in total. The van der Waals surface area contributed by atoms with E-state index in [1.54, 1.807) is 16.4 Å². The number of piperidine rings is 1. The van der Waals surface area contributed by atoms with Crippen molar-refractivity contribution in [3.05, 3.63) is 41.1 Å². The molecule has 0 saturated carbocycles. The average Bonchev–Trinajstić information content (AvgIpc) is 2.60. The van der Waals surface area contributed by atoms with E-state index in [0.29, 0.717) is 17.4 Å². The number of aryl methyl sites for hydroxylation is 1. The van der Waals surface area contributed by atoms with E-state index in [0.717, 1.165) is 50.0 Å².